The number of ether oxygens (including phenoxy) is 1. The van der Waals surface area contributed by atoms with Crippen molar-refractivity contribution in [3.63, 3.8) is 0 Å². The number of benzene rings is 2. The second-order valence-electron chi connectivity index (χ2n) is 5.64. The molecule has 0 saturated carbocycles. The van der Waals surface area contributed by atoms with Crippen molar-refractivity contribution in [2.45, 2.75) is 12.0 Å². The second kappa shape index (κ2) is 8.14. The molecule has 4 nitrogen and oxygen atoms in total. The molecule has 0 aliphatic heterocycles. The van der Waals surface area contributed by atoms with Gasteiger partial charge in [-0.3, -0.25) is 9.78 Å². The molecular weight excluding hydrogens is 376 g/mol. The number of alkyl halides is 1. The molecule has 0 bridgehead atoms. The Labute approximate surface area is 159 Å². The summed E-state index contributed by atoms with van der Waals surface area (Å²) in [4.78, 5) is 15.4. The Morgan fingerprint density at radius 2 is 1.81 bits per heavy atom. The summed E-state index contributed by atoms with van der Waals surface area (Å²) in [5, 5.41) is 9.26. The predicted molar refractivity (Wildman–Crippen MR) is 96.6 cm³/mol. The van der Waals surface area contributed by atoms with Crippen molar-refractivity contribution in [1.29, 1.82) is 0 Å². The molecule has 1 N–H and O–H groups in total. The summed E-state index contributed by atoms with van der Waals surface area (Å²) in [7, 11) is 0. The Hall–Kier alpha value is -2.99. The van der Waals surface area contributed by atoms with Crippen LogP contribution in [0.3, 0.4) is 0 Å². The van der Waals surface area contributed by atoms with E-state index in [9.17, 15) is 18.7 Å². The molecule has 7 heteroatoms. The Balaban J connectivity index is 2.07. The summed E-state index contributed by atoms with van der Waals surface area (Å²) >= 11 is 6.17. The third-order valence-corrected chi connectivity index (χ3v) is 4.17. The van der Waals surface area contributed by atoms with Gasteiger partial charge in [0.2, 0.25) is 5.56 Å². The third kappa shape index (κ3) is 4.23. The van der Waals surface area contributed by atoms with E-state index < -0.39 is 29.6 Å². The number of carbonyl (C=O) groups is 1. The number of halogens is 3. The number of carboxylic acid groups (broad SMARTS) is 1. The van der Waals surface area contributed by atoms with Gasteiger partial charge in [-0.25, -0.2) is 8.78 Å². The molecular formula is C20H14ClF2NO3. The number of rotatable bonds is 6. The fraction of sp³-hybridized carbons (Fsp3) is 0.100. The molecule has 27 heavy (non-hydrogen) atoms. The lowest BCUT2D eigenvalue weighted by molar-refractivity contribution is -0.136. The zero-order valence-corrected chi connectivity index (χ0v) is 14.7. The maximum absolute atomic E-state index is 14.5. The molecule has 3 rings (SSSR count). The van der Waals surface area contributed by atoms with E-state index in [0.717, 1.165) is 6.07 Å². The van der Waals surface area contributed by atoms with Crippen LogP contribution in [-0.2, 0) is 11.2 Å². The highest BCUT2D eigenvalue weighted by molar-refractivity contribution is 6.20. The molecule has 0 aliphatic carbocycles. The van der Waals surface area contributed by atoms with Crippen LogP contribution in [0.5, 0.6) is 5.75 Å². The van der Waals surface area contributed by atoms with Crippen molar-refractivity contribution in [2.24, 2.45) is 0 Å². The molecule has 0 fully saturated rings. The lowest BCUT2D eigenvalue weighted by Gasteiger charge is -2.19. The number of nitrogens with zero attached hydrogens (tertiary/aromatic N) is 1. The SMILES string of the molecule is O=C(O)Cc1c(OC(Cl)c2ccccc2F)ccc(F)c1-c1ccccn1. The molecule has 0 amide bonds. The van der Waals surface area contributed by atoms with E-state index in [1.165, 1.54) is 30.5 Å². The highest BCUT2D eigenvalue weighted by Gasteiger charge is 2.22. The first-order valence-electron chi connectivity index (χ1n) is 7.97. The molecule has 1 atom stereocenters. The first-order valence-corrected chi connectivity index (χ1v) is 8.40. The summed E-state index contributed by atoms with van der Waals surface area (Å²) < 4.78 is 34.0. The van der Waals surface area contributed by atoms with Gasteiger partial charge in [-0.2, -0.15) is 0 Å². The van der Waals surface area contributed by atoms with Gasteiger partial charge in [0.25, 0.3) is 0 Å². The maximum Gasteiger partial charge on any atom is 0.307 e. The summed E-state index contributed by atoms with van der Waals surface area (Å²) in [5.74, 6) is -2.35. The van der Waals surface area contributed by atoms with E-state index in [4.69, 9.17) is 16.3 Å². The number of aliphatic carboxylic acids is 1. The lowest BCUT2D eigenvalue weighted by atomic mass is 9.99. The number of hydrogen-bond acceptors (Lipinski definition) is 3. The summed E-state index contributed by atoms with van der Waals surface area (Å²) in [6.45, 7) is 0. The smallest absolute Gasteiger partial charge is 0.307 e. The van der Waals surface area contributed by atoms with Crippen molar-refractivity contribution in [3.8, 4) is 17.0 Å². The number of aromatic nitrogens is 1. The third-order valence-electron chi connectivity index (χ3n) is 3.85. The fourth-order valence-corrected chi connectivity index (χ4v) is 2.93. The molecule has 0 saturated heterocycles. The van der Waals surface area contributed by atoms with Crippen LogP contribution in [0, 0.1) is 11.6 Å². The van der Waals surface area contributed by atoms with Crippen molar-refractivity contribution >= 4 is 17.6 Å². The van der Waals surface area contributed by atoms with E-state index in [1.54, 1.807) is 24.3 Å². The topological polar surface area (TPSA) is 59.4 Å². The molecule has 2 aromatic carbocycles. The second-order valence-corrected chi connectivity index (χ2v) is 6.04. The average molecular weight is 390 g/mol. The van der Waals surface area contributed by atoms with Gasteiger partial charge in [-0.1, -0.05) is 35.9 Å². The van der Waals surface area contributed by atoms with E-state index in [2.05, 4.69) is 4.98 Å². The van der Waals surface area contributed by atoms with Crippen molar-refractivity contribution in [2.75, 3.05) is 0 Å². The summed E-state index contributed by atoms with van der Waals surface area (Å²) in [6.07, 6.45) is 0.955. The quantitative estimate of drug-likeness (QED) is 0.605. The van der Waals surface area contributed by atoms with E-state index >= 15 is 0 Å². The number of pyridine rings is 1. The first kappa shape index (κ1) is 18.8. The van der Waals surface area contributed by atoms with Gasteiger partial charge in [-0.05, 0) is 30.3 Å². The fourth-order valence-electron chi connectivity index (χ4n) is 2.66. The zero-order valence-electron chi connectivity index (χ0n) is 13.9. The largest absolute Gasteiger partial charge is 0.481 e. The number of hydrogen-bond donors (Lipinski definition) is 1. The Morgan fingerprint density at radius 3 is 2.48 bits per heavy atom. The van der Waals surface area contributed by atoms with E-state index in [0.29, 0.717) is 0 Å². The summed E-state index contributed by atoms with van der Waals surface area (Å²) in [6, 6.07) is 13.1. The number of carboxylic acids is 1. The van der Waals surface area contributed by atoms with Gasteiger partial charge in [-0.15, -0.1) is 0 Å². The molecule has 1 unspecified atom stereocenters. The molecule has 0 aliphatic rings. The molecule has 0 radical (unpaired) electrons. The Bertz CT molecular complexity index is 967. The van der Waals surface area contributed by atoms with Crippen LogP contribution < -0.4 is 4.74 Å². The van der Waals surface area contributed by atoms with Crippen LogP contribution in [0.25, 0.3) is 11.3 Å². The molecule has 3 aromatic rings. The highest BCUT2D eigenvalue weighted by Crippen LogP contribution is 2.36. The highest BCUT2D eigenvalue weighted by atomic mass is 35.5. The molecule has 138 valence electrons. The Kier molecular flexibility index (Phi) is 5.66. The molecule has 1 aromatic heterocycles. The van der Waals surface area contributed by atoms with Crippen LogP contribution in [0.1, 0.15) is 16.7 Å². The van der Waals surface area contributed by atoms with E-state index in [1.807, 2.05) is 0 Å². The van der Waals surface area contributed by atoms with Crippen molar-refractivity contribution < 1.29 is 23.4 Å². The minimum Gasteiger partial charge on any atom is -0.481 e. The minimum absolute atomic E-state index is 0.00732. The van der Waals surface area contributed by atoms with Crippen LogP contribution >= 0.6 is 11.6 Å². The maximum atomic E-state index is 14.5. The van der Waals surface area contributed by atoms with Crippen molar-refractivity contribution in [3.05, 3.63) is 83.6 Å². The van der Waals surface area contributed by atoms with Crippen LogP contribution in [0.2, 0.25) is 0 Å². The van der Waals surface area contributed by atoms with Crippen molar-refractivity contribution in [1.82, 2.24) is 4.98 Å². The van der Waals surface area contributed by atoms with Gasteiger partial charge < -0.3 is 9.84 Å². The minimum atomic E-state index is -1.22. The van der Waals surface area contributed by atoms with Gasteiger partial charge in [0.05, 0.1) is 12.1 Å². The molecule has 1 heterocycles. The monoisotopic (exact) mass is 389 g/mol. The average Bonchev–Trinajstić information content (AvgIpc) is 2.64. The summed E-state index contributed by atoms with van der Waals surface area (Å²) in [5.41, 5.74) is -0.797. The lowest BCUT2D eigenvalue weighted by Crippen LogP contribution is -2.10. The van der Waals surface area contributed by atoms with Gasteiger partial charge >= 0.3 is 5.97 Å². The van der Waals surface area contributed by atoms with Gasteiger partial charge in [0.1, 0.15) is 17.4 Å². The first-order chi connectivity index (χ1) is 13.0. The molecule has 0 spiro atoms. The van der Waals surface area contributed by atoms with Gasteiger partial charge in [0.15, 0.2) is 0 Å². The predicted octanol–water partition coefficient (Wildman–Crippen LogP) is 4.97. The zero-order chi connectivity index (χ0) is 19.4. The Morgan fingerprint density at radius 1 is 1.07 bits per heavy atom. The van der Waals surface area contributed by atoms with Crippen LogP contribution in [0.15, 0.2) is 60.8 Å². The van der Waals surface area contributed by atoms with E-state index in [-0.39, 0.29) is 28.1 Å². The van der Waals surface area contributed by atoms with Crippen LogP contribution in [-0.4, -0.2) is 16.1 Å². The normalized spacial score (nSPS) is 11.8. The van der Waals surface area contributed by atoms with Gasteiger partial charge in [0, 0.05) is 22.9 Å². The standard InChI is InChI=1S/C20H14ClF2NO3/c21-20(12-5-1-2-6-14(12)22)27-17-9-8-15(23)19(13(17)11-18(25)26)16-7-3-4-10-24-16/h1-10,20H,11H2,(H,25,26). The van der Waals surface area contributed by atoms with Crippen LogP contribution in [0.4, 0.5) is 8.78 Å².